The van der Waals surface area contributed by atoms with E-state index in [1.165, 1.54) is 12.3 Å². The first-order chi connectivity index (χ1) is 10.7. The van der Waals surface area contributed by atoms with Crippen molar-refractivity contribution in [1.82, 2.24) is 4.57 Å². The van der Waals surface area contributed by atoms with Crippen LogP contribution >= 0.6 is 0 Å². The van der Waals surface area contributed by atoms with Crippen LogP contribution in [0.2, 0.25) is 0 Å². The molecule has 0 amide bonds. The summed E-state index contributed by atoms with van der Waals surface area (Å²) in [6.07, 6.45) is -3.38. The number of rotatable bonds is 3. The van der Waals surface area contributed by atoms with Crippen LogP contribution in [-0.2, 0) is 18.1 Å². The molecule has 0 N–H and O–H groups in total. The van der Waals surface area contributed by atoms with E-state index in [-0.39, 0.29) is 6.54 Å². The monoisotopic (exact) mass is 320 g/mol. The molecule has 0 aliphatic carbocycles. The van der Waals surface area contributed by atoms with Crippen molar-refractivity contribution in [1.29, 1.82) is 5.26 Å². The predicted octanol–water partition coefficient (Wildman–Crippen LogP) is 3.72. The average Bonchev–Trinajstić information content (AvgIpc) is 2.48. The lowest BCUT2D eigenvalue weighted by atomic mass is 9.83. The summed E-state index contributed by atoms with van der Waals surface area (Å²) in [4.78, 5) is 12.0. The van der Waals surface area contributed by atoms with E-state index < -0.39 is 22.7 Å². The van der Waals surface area contributed by atoms with Crippen molar-refractivity contribution >= 4 is 0 Å². The van der Waals surface area contributed by atoms with Crippen LogP contribution in [0.5, 0.6) is 0 Å². The number of nitriles is 1. The minimum atomic E-state index is -4.69. The summed E-state index contributed by atoms with van der Waals surface area (Å²) in [5, 5.41) is 9.28. The summed E-state index contributed by atoms with van der Waals surface area (Å²) in [6.45, 7) is 3.42. The first-order valence-corrected chi connectivity index (χ1v) is 6.93. The molecule has 0 unspecified atom stereocenters. The van der Waals surface area contributed by atoms with Crippen molar-refractivity contribution in [3.05, 3.63) is 69.6 Å². The molecule has 0 aliphatic heterocycles. The van der Waals surface area contributed by atoms with Crippen molar-refractivity contribution in [2.24, 2.45) is 0 Å². The maximum absolute atomic E-state index is 12.8. The fraction of sp³-hybridized carbons (Fsp3) is 0.294. The van der Waals surface area contributed by atoms with Gasteiger partial charge in [-0.3, -0.25) is 4.79 Å². The third kappa shape index (κ3) is 3.45. The Morgan fingerprint density at radius 2 is 1.70 bits per heavy atom. The summed E-state index contributed by atoms with van der Waals surface area (Å²) >= 11 is 0. The van der Waals surface area contributed by atoms with Gasteiger partial charge in [0.2, 0.25) is 0 Å². The molecule has 0 atom stereocenters. The first kappa shape index (κ1) is 16.8. The number of halogens is 3. The Balaban J connectivity index is 2.51. The SMILES string of the molecule is CC(C)(C#N)c1ccccc1Cn1cccc(C(F)(F)F)c1=O. The van der Waals surface area contributed by atoms with E-state index >= 15 is 0 Å². The molecule has 6 heteroatoms. The van der Waals surface area contributed by atoms with Crippen LogP contribution in [0.15, 0.2) is 47.4 Å². The lowest BCUT2D eigenvalue weighted by Gasteiger charge is -2.21. The fourth-order valence-electron chi connectivity index (χ4n) is 2.39. The van der Waals surface area contributed by atoms with Gasteiger partial charge in [0.15, 0.2) is 0 Å². The van der Waals surface area contributed by atoms with Gasteiger partial charge in [-0.15, -0.1) is 0 Å². The predicted molar refractivity (Wildman–Crippen MR) is 79.9 cm³/mol. The molecule has 0 saturated carbocycles. The Labute approximate surface area is 131 Å². The molecule has 0 spiro atoms. The Morgan fingerprint density at radius 1 is 1.09 bits per heavy atom. The highest BCUT2D eigenvalue weighted by molar-refractivity contribution is 5.38. The van der Waals surface area contributed by atoms with E-state index in [9.17, 15) is 23.2 Å². The molecule has 23 heavy (non-hydrogen) atoms. The Hall–Kier alpha value is -2.55. The van der Waals surface area contributed by atoms with Gasteiger partial charge in [0, 0.05) is 6.20 Å². The van der Waals surface area contributed by atoms with Crippen LogP contribution in [0.3, 0.4) is 0 Å². The number of pyridine rings is 1. The second kappa shape index (κ2) is 5.92. The highest BCUT2D eigenvalue weighted by Gasteiger charge is 2.34. The standard InChI is InChI=1S/C17H15F3N2O/c1-16(2,11-21)13-7-4-3-6-12(13)10-22-9-5-8-14(15(22)23)17(18,19)20/h3-9H,10H2,1-2H3. The van der Waals surface area contributed by atoms with Gasteiger partial charge in [-0.25, -0.2) is 0 Å². The van der Waals surface area contributed by atoms with E-state index in [1.807, 2.05) is 0 Å². The summed E-state index contributed by atoms with van der Waals surface area (Å²) in [7, 11) is 0. The summed E-state index contributed by atoms with van der Waals surface area (Å²) in [6, 6.07) is 11.1. The van der Waals surface area contributed by atoms with Gasteiger partial charge in [0.25, 0.3) is 5.56 Å². The smallest absolute Gasteiger partial charge is 0.311 e. The van der Waals surface area contributed by atoms with Crippen LogP contribution in [0.1, 0.15) is 30.5 Å². The lowest BCUT2D eigenvalue weighted by Crippen LogP contribution is -2.29. The minimum Gasteiger partial charge on any atom is -0.311 e. The largest absolute Gasteiger partial charge is 0.421 e. The number of hydrogen-bond acceptors (Lipinski definition) is 2. The van der Waals surface area contributed by atoms with Crippen molar-refractivity contribution in [2.75, 3.05) is 0 Å². The van der Waals surface area contributed by atoms with Crippen molar-refractivity contribution in [2.45, 2.75) is 32.0 Å². The molecule has 2 aromatic rings. The molecule has 3 nitrogen and oxygen atoms in total. The highest BCUT2D eigenvalue weighted by atomic mass is 19.4. The zero-order chi connectivity index (χ0) is 17.3. The van der Waals surface area contributed by atoms with Crippen molar-refractivity contribution in [3.63, 3.8) is 0 Å². The fourth-order valence-corrected chi connectivity index (χ4v) is 2.39. The lowest BCUT2D eigenvalue weighted by molar-refractivity contribution is -0.138. The minimum absolute atomic E-state index is 0.0238. The van der Waals surface area contributed by atoms with Gasteiger partial charge in [-0.1, -0.05) is 24.3 Å². The summed E-state index contributed by atoms with van der Waals surface area (Å²) in [5.74, 6) is 0. The third-order valence-electron chi connectivity index (χ3n) is 3.64. The van der Waals surface area contributed by atoms with Crippen LogP contribution < -0.4 is 5.56 Å². The molecule has 120 valence electrons. The van der Waals surface area contributed by atoms with Gasteiger partial charge in [-0.05, 0) is 37.1 Å². The van der Waals surface area contributed by atoms with Gasteiger partial charge >= 0.3 is 6.18 Å². The van der Waals surface area contributed by atoms with E-state index in [0.717, 1.165) is 10.6 Å². The van der Waals surface area contributed by atoms with Crippen molar-refractivity contribution < 1.29 is 13.2 Å². The number of nitrogens with zero attached hydrogens (tertiary/aromatic N) is 2. The van der Waals surface area contributed by atoms with Gasteiger partial charge < -0.3 is 4.57 Å². The van der Waals surface area contributed by atoms with Crippen molar-refractivity contribution in [3.8, 4) is 6.07 Å². The van der Waals surface area contributed by atoms with Gasteiger partial charge in [0.05, 0.1) is 18.0 Å². The highest BCUT2D eigenvalue weighted by Crippen LogP contribution is 2.28. The van der Waals surface area contributed by atoms with E-state index in [2.05, 4.69) is 6.07 Å². The molecule has 1 aromatic heterocycles. The molecule has 0 radical (unpaired) electrons. The van der Waals surface area contributed by atoms with Gasteiger partial charge in [-0.2, -0.15) is 18.4 Å². The van der Waals surface area contributed by atoms with E-state index in [1.54, 1.807) is 38.1 Å². The molecule has 0 bridgehead atoms. The maximum Gasteiger partial charge on any atom is 0.421 e. The first-order valence-electron chi connectivity index (χ1n) is 6.93. The third-order valence-corrected chi connectivity index (χ3v) is 3.64. The second-order valence-corrected chi connectivity index (χ2v) is 5.75. The normalized spacial score (nSPS) is 12.0. The number of hydrogen-bond donors (Lipinski definition) is 0. The average molecular weight is 320 g/mol. The molecule has 0 saturated heterocycles. The Morgan fingerprint density at radius 3 is 2.30 bits per heavy atom. The number of aromatic nitrogens is 1. The van der Waals surface area contributed by atoms with E-state index in [0.29, 0.717) is 11.1 Å². The van der Waals surface area contributed by atoms with Gasteiger partial charge in [0.1, 0.15) is 5.56 Å². The zero-order valence-electron chi connectivity index (χ0n) is 12.7. The van der Waals surface area contributed by atoms with Crippen LogP contribution in [0, 0.1) is 11.3 Å². The molecular weight excluding hydrogens is 305 g/mol. The zero-order valence-corrected chi connectivity index (χ0v) is 12.7. The van der Waals surface area contributed by atoms with E-state index in [4.69, 9.17) is 0 Å². The van der Waals surface area contributed by atoms with Crippen LogP contribution in [-0.4, -0.2) is 4.57 Å². The van der Waals surface area contributed by atoms with Crippen LogP contribution in [0.4, 0.5) is 13.2 Å². The topological polar surface area (TPSA) is 45.8 Å². The quantitative estimate of drug-likeness (QED) is 0.865. The van der Waals surface area contributed by atoms with Crippen LogP contribution in [0.25, 0.3) is 0 Å². The second-order valence-electron chi connectivity index (χ2n) is 5.75. The molecule has 1 heterocycles. The molecule has 1 aromatic carbocycles. The maximum atomic E-state index is 12.8. The number of alkyl halides is 3. The molecular formula is C17H15F3N2O. The summed E-state index contributed by atoms with van der Waals surface area (Å²) in [5.41, 5.74) is -1.77. The molecule has 0 aliphatic rings. The Bertz CT molecular complexity index is 814. The molecule has 0 fully saturated rings. The Kier molecular flexibility index (Phi) is 4.33. The summed E-state index contributed by atoms with van der Waals surface area (Å²) < 4.78 is 39.5. The number of benzene rings is 1. The molecule has 2 rings (SSSR count).